The number of hydrogen-bond acceptors (Lipinski definition) is 3. The van der Waals surface area contributed by atoms with Gasteiger partial charge in [0.2, 0.25) is 5.43 Å². The molecule has 0 aromatic carbocycles. The van der Waals surface area contributed by atoms with Crippen LogP contribution in [0.5, 0.6) is 5.75 Å². The van der Waals surface area contributed by atoms with E-state index in [9.17, 15) is 9.59 Å². The van der Waals surface area contributed by atoms with Crippen molar-refractivity contribution in [1.82, 2.24) is 4.98 Å². The molecule has 0 bridgehead atoms. The minimum Gasteiger partial charge on any atom is -0.503 e. The Morgan fingerprint density at radius 3 is 2.50 bits per heavy atom. The molecular formula is C6H7NO5. The molecule has 1 aromatic heterocycles. The number of aromatic nitrogens is 1. The van der Waals surface area contributed by atoms with Gasteiger partial charge in [0.25, 0.3) is 0 Å². The van der Waals surface area contributed by atoms with Crippen molar-refractivity contribution in [2.75, 3.05) is 0 Å². The molecule has 1 aromatic rings. The van der Waals surface area contributed by atoms with Gasteiger partial charge in [0.1, 0.15) is 5.69 Å². The van der Waals surface area contributed by atoms with Gasteiger partial charge in [0.05, 0.1) is 0 Å². The van der Waals surface area contributed by atoms with Crippen molar-refractivity contribution >= 4 is 5.97 Å². The maximum Gasteiger partial charge on any atom is 0.352 e. The Bertz CT molecular complexity index is 342. The lowest BCUT2D eigenvalue weighted by atomic mass is 10.3. The van der Waals surface area contributed by atoms with Crippen LogP contribution in [0.2, 0.25) is 0 Å². The fraction of sp³-hybridized carbons (Fsp3) is 0. The first-order valence-corrected chi connectivity index (χ1v) is 2.76. The number of rotatable bonds is 1. The third-order valence-electron chi connectivity index (χ3n) is 1.12. The van der Waals surface area contributed by atoms with Crippen LogP contribution in [0.25, 0.3) is 0 Å². The van der Waals surface area contributed by atoms with Crippen LogP contribution in [0.4, 0.5) is 0 Å². The summed E-state index contributed by atoms with van der Waals surface area (Å²) < 4.78 is 0. The molecule has 0 aliphatic rings. The Balaban J connectivity index is 0.00000121. The maximum absolute atomic E-state index is 10.6. The summed E-state index contributed by atoms with van der Waals surface area (Å²) in [6.07, 6.45) is 0.936. The number of nitrogens with one attached hydrogen (secondary N) is 1. The van der Waals surface area contributed by atoms with E-state index in [1.165, 1.54) is 0 Å². The Labute approximate surface area is 66.4 Å². The number of H-pyrrole nitrogens is 1. The second-order valence-electron chi connectivity index (χ2n) is 1.90. The van der Waals surface area contributed by atoms with Gasteiger partial charge in [0, 0.05) is 12.3 Å². The van der Waals surface area contributed by atoms with Gasteiger partial charge >= 0.3 is 5.97 Å². The molecule has 0 amide bonds. The molecule has 1 rings (SSSR count). The van der Waals surface area contributed by atoms with Crippen molar-refractivity contribution in [1.29, 1.82) is 0 Å². The van der Waals surface area contributed by atoms with E-state index < -0.39 is 17.1 Å². The highest BCUT2D eigenvalue weighted by atomic mass is 16.4. The number of aromatic hydroxyl groups is 1. The average molecular weight is 173 g/mol. The lowest BCUT2D eigenvalue weighted by Gasteiger charge is -1.92. The van der Waals surface area contributed by atoms with Gasteiger partial charge in [-0.15, -0.1) is 0 Å². The summed E-state index contributed by atoms with van der Waals surface area (Å²) in [4.78, 5) is 23.1. The van der Waals surface area contributed by atoms with Gasteiger partial charge in [-0.1, -0.05) is 0 Å². The standard InChI is InChI=1S/C6H5NO4.H2O/c8-4-1-3(6(10)11)7-2-5(4)9;/h1-2,9H,(H,7,8)(H,10,11);1H2. The number of carbonyl (C=O) groups is 1. The largest absolute Gasteiger partial charge is 0.503 e. The zero-order chi connectivity index (χ0) is 8.43. The first-order chi connectivity index (χ1) is 5.11. The second kappa shape index (κ2) is 3.54. The predicted molar refractivity (Wildman–Crippen MR) is 39.3 cm³/mol. The van der Waals surface area contributed by atoms with Gasteiger partial charge in [-0.2, -0.15) is 0 Å². The fourth-order valence-corrected chi connectivity index (χ4v) is 0.587. The summed E-state index contributed by atoms with van der Waals surface area (Å²) in [6.45, 7) is 0. The van der Waals surface area contributed by atoms with Crippen molar-refractivity contribution in [3.63, 3.8) is 0 Å². The number of carboxylic acids is 1. The van der Waals surface area contributed by atoms with Crippen molar-refractivity contribution in [2.45, 2.75) is 0 Å². The van der Waals surface area contributed by atoms with Crippen LogP contribution >= 0.6 is 0 Å². The van der Waals surface area contributed by atoms with E-state index >= 15 is 0 Å². The number of hydrogen-bond donors (Lipinski definition) is 3. The highest BCUT2D eigenvalue weighted by Crippen LogP contribution is 1.97. The van der Waals surface area contributed by atoms with E-state index in [1.54, 1.807) is 0 Å². The molecule has 66 valence electrons. The molecule has 0 unspecified atom stereocenters. The maximum atomic E-state index is 10.6. The Morgan fingerprint density at radius 1 is 1.50 bits per heavy atom. The monoisotopic (exact) mass is 173 g/mol. The van der Waals surface area contributed by atoms with E-state index in [1.807, 2.05) is 0 Å². The third-order valence-corrected chi connectivity index (χ3v) is 1.12. The molecule has 6 heteroatoms. The lowest BCUT2D eigenvalue weighted by Crippen LogP contribution is -2.07. The van der Waals surface area contributed by atoms with E-state index in [-0.39, 0.29) is 11.2 Å². The second-order valence-corrected chi connectivity index (χ2v) is 1.90. The van der Waals surface area contributed by atoms with E-state index in [0.29, 0.717) is 0 Å². The zero-order valence-electron chi connectivity index (χ0n) is 5.87. The Hall–Kier alpha value is -1.82. The normalized spacial score (nSPS) is 8.67. The molecule has 12 heavy (non-hydrogen) atoms. The minimum atomic E-state index is -1.23. The summed E-state index contributed by atoms with van der Waals surface area (Å²) in [5.41, 5.74) is -0.950. The predicted octanol–water partition coefficient (Wildman–Crippen LogP) is -1.05. The average Bonchev–Trinajstić information content (AvgIpc) is 1.94. The molecule has 0 aliphatic heterocycles. The zero-order valence-corrected chi connectivity index (χ0v) is 5.87. The molecule has 0 spiro atoms. The molecule has 0 radical (unpaired) electrons. The third kappa shape index (κ3) is 1.83. The van der Waals surface area contributed by atoms with Crippen molar-refractivity contribution < 1.29 is 20.5 Å². The molecule has 0 fully saturated rings. The Kier molecular flexibility index (Phi) is 3.00. The number of aromatic amines is 1. The molecule has 1 heterocycles. The van der Waals surface area contributed by atoms with Crippen molar-refractivity contribution in [3.8, 4) is 5.75 Å². The molecule has 6 nitrogen and oxygen atoms in total. The molecule has 5 N–H and O–H groups in total. The summed E-state index contributed by atoms with van der Waals surface area (Å²) in [5, 5.41) is 17.0. The summed E-state index contributed by atoms with van der Waals surface area (Å²) >= 11 is 0. The summed E-state index contributed by atoms with van der Waals surface area (Å²) in [6, 6.07) is 0.817. The van der Waals surface area contributed by atoms with E-state index in [4.69, 9.17) is 10.2 Å². The SMILES string of the molecule is O.O=C(O)c1cc(=O)c(O)c[nH]1. The smallest absolute Gasteiger partial charge is 0.352 e. The topological polar surface area (TPSA) is 122 Å². The lowest BCUT2D eigenvalue weighted by molar-refractivity contribution is 0.0690. The Morgan fingerprint density at radius 2 is 2.08 bits per heavy atom. The van der Waals surface area contributed by atoms with Gasteiger partial charge in [-0.05, 0) is 0 Å². The van der Waals surface area contributed by atoms with E-state index in [2.05, 4.69) is 4.98 Å². The molecular weight excluding hydrogens is 166 g/mol. The van der Waals surface area contributed by atoms with Gasteiger partial charge < -0.3 is 20.7 Å². The van der Waals surface area contributed by atoms with Crippen LogP contribution in [0, 0.1) is 0 Å². The van der Waals surface area contributed by atoms with Gasteiger partial charge in [0.15, 0.2) is 5.75 Å². The summed E-state index contributed by atoms with van der Waals surface area (Å²) in [7, 11) is 0. The molecule has 0 saturated carbocycles. The molecule has 0 atom stereocenters. The van der Waals surface area contributed by atoms with Crippen LogP contribution in [-0.2, 0) is 0 Å². The van der Waals surface area contributed by atoms with Crippen LogP contribution in [-0.4, -0.2) is 26.6 Å². The first-order valence-electron chi connectivity index (χ1n) is 2.76. The highest BCUT2D eigenvalue weighted by molar-refractivity contribution is 5.85. The van der Waals surface area contributed by atoms with Crippen LogP contribution in [0.1, 0.15) is 10.5 Å². The van der Waals surface area contributed by atoms with E-state index in [0.717, 1.165) is 12.3 Å². The number of pyridine rings is 1. The molecule has 0 aliphatic carbocycles. The van der Waals surface area contributed by atoms with Gasteiger partial charge in [-0.25, -0.2) is 4.79 Å². The first kappa shape index (κ1) is 10.2. The summed E-state index contributed by atoms with van der Waals surface area (Å²) in [5.74, 6) is -1.72. The number of aromatic carboxylic acids is 1. The van der Waals surface area contributed by atoms with Crippen LogP contribution < -0.4 is 5.43 Å². The van der Waals surface area contributed by atoms with Crippen LogP contribution in [0.15, 0.2) is 17.1 Å². The van der Waals surface area contributed by atoms with Crippen molar-refractivity contribution in [2.24, 2.45) is 0 Å². The van der Waals surface area contributed by atoms with Crippen LogP contribution in [0.3, 0.4) is 0 Å². The highest BCUT2D eigenvalue weighted by Gasteiger charge is 2.04. The molecule has 0 saturated heterocycles. The fourth-order valence-electron chi connectivity index (χ4n) is 0.587. The minimum absolute atomic E-state index is 0. The van der Waals surface area contributed by atoms with Gasteiger partial charge in [-0.3, -0.25) is 4.79 Å². The number of carboxylic acid groups (broad SMARTS) is 1. The van der Waals surface area contributed by atoms with Crippen molar-refractivity contribution in [3.05, 3.63) is 28.2 Å². The quantitative estimate of drug-likeness (QED) is 0.501.